The van der Waals surface area contributed by atoms with E-state index in [1.807, 2.05) is 26.8 Å². The summed E-state index contributed by atoms with van der Waals surface area (Å²) in [7, 11) is 0. The van der Waals surface area contributed by atoms with Crippen LogP contribution in [0.4, 0.5) is 5.69 Å². The number of carbonyl (C=O) groups is 1. The Labute approximate surface area is 184 Å². The van der Waals surface area contributed by atoms with Crippen molar-refractivity contribution in [3.63, 3.8) is 0 Å². The summed E-state index contributed by atoms with van der Waals surface area (Å²) in [6, 6.07) is 15.4. The van der Waals surface area contributed by atoms with E-state index < -0.39 is 16.4 Å². The molecule has 0 spiro atoms. The molecule has 0 amide bonds. The Hall–Kier alpha value is -3.33. The lowest BCUT2D eigenvalue weighted by Crippen LogP contribution is -2.27. The van der Waals surface area contributed by atoms with Crippen LogP contribution in [0.5, 0.6) is 11.6 Å². The van der Waals surface area contributed by atoms with Gasteiger partial charge >= 0.3 is 5.97 Å². The van der Waals surface area contributed by atoms with Crippen LogP contribution in [0.1, 0.15) is 26.5 Å². The number of aromatic nitrogens is 2. The molecule has 31 heavy (non-hydrogen) atoms. The third-order valence-corrected chi connectivity index (χ3v) is 5.42. The van der Waals surface area contributed by atoms with Crippen molar-refractivity contribution >= 4 is 23.4 Å². The van der Waals surface area contributed by atoms with E-state index in [2.05, 4.69) is 5.10 Å². The molecule has 1 aromatic heterocycles. The van der Waals surface area contributed by atoms with Gasteiger partial charge in [0.15, 0.2) is 6.61 Å². The van der Waals surface area contributed by atoms with E-state index in [4.69, 9.17) is 9.47 Å². The number of hydrogen-bond acceptors (Lipinski definition) is 7. The monoisotopic (exact) mass is 441 g/mol. The van der Waals surface area contributed by atoms with Crippen LogP contribution in [-0.4, -0.2) is 27.3 Å². The van der Waals surface area contributed by atoms with Crippen LogP contribution in [0.15, 0.2) is 64.4 Å². The molecule has 2 aromatic carbocycles. The molecule has 162 valence electrons. The van der Waals surface area contributed by atoms with Crippen LogP contribution in [0.25, 0.3) is 0 Å². The number of benzene rings is 2. The zero-order valence-corrected chi connectivity index (χ0v) is 18.5. The van der Waals surface area contributed by atoms with E-state index in [9.17, 15) is 14.9 Å². The van der Waals surface area contributed by atoms with Crippen molar-refractivity contribution in [1.29, 1.82) is 0 Å². The van der Waals surface area contributed by atoms with Gasteiger partial charge in [-0.05, 0) is 45.9 Å². The Morgan fingerprint density at radius 3 is 2.42 bits per heavy atom. The highest BCUT2D eigenvalue weighted by Gasteiger charge is 2.28. The molecule has 0 bridgehead atoms. The lowest BCUT2D eigenvalue weighted by molar-refractivity contribution is -0.387. The summed E-state index contributed by atoms with van der Waals surface area (Å²) >= 11 is 1.15. The molecule has 0 atom stereocenters. The maximum Gasteiger partial charge on any atom is 0.350 e. The molecule has 1 heterocycles. The second kappa shape index (κ2) is 9.22. The normalized spacial score (nSPS) is 11.2. The summed E-state index contributed by atoms with van der Waals surface area (Å²) in [5.41, 5.74) is 0.0900. The fourth-order valence-electron chi connectivity index (χ4n) is 2.75. The Morgan fingerprint density at radius 1 is 1.13 bits per heavy atom. The molecule has 0 aliphatic heterocycles. The van der Waals surface area contributed by atoms with Crippen LogP contribution in [0, 0.1) is 17.0 Å². The summed E-state index contributed by atoms with van der Waals surface area (Å²) < 4.78 is 12.8. The van der Waals surface area contributed by atoms with Gasteiger partial charge in [0.1, 0.15) is 5.75 Å². The van der Waals surface area contributed by atoms with Gasteiger partial charge in [0.2, 0.25) is 5.88 Å². The molecule has 0 saturated carbocycles. The van der Waals surface area contributed by atoms with E-state index in [0.717, 1.165) is 11.8 Å². The molecule has 8 nitrogen and oxygen atoms in total. The van der Waals surface area contributed by atoms with Gasteiger partial charge in [-0.25, -0.2) is 9.48 Å². The molecule has 0 fully saturated rings. The summed E-state index contributed by atoms with van der Waals surface area (Å²) in [6.45, 7) is 7.27. The van der Waals surface area contributed by atoms with Crippen molar-refractivity contribution in [3.05, 3.63) is 70.4 Å². The number of para-hydroxylation sites is 2. The predicted molar refractivity (Wildman–Crippen MR) is 117 cm³/mol. The van der Waals surface area contributed by atoms with E-state index in [0.29, 0.717) is 21.2 Å². The fourth-order valence-corrected chi connectivity index (χ4v) is 3.77. The second-order valence-corrected chi connectivity index (χ2v) is 8.76. The SMILES string of the molecule is Cc1nn(C(C)(C)C)c(OC(=O)COc2ccccc2)c1Sc1ccccc1[N+](=O)[O-]. The Bertz CT molecular complexity index is 1090. The van der Waals surface area contributed by atoms with E-state index in [-0.39, 0.29) is 18.2 Å². The van der Waals surface area contributed by atoms with Crippen LogP contribution >= 0.6 is 11.8 Å². The number of carbonyl (C=O) groups excluding carboxylic acids is 1. The molecule has 0 radical (unpaired) electrons. The van der Waals surface area contributed by atoms with Crippen molar-refractivity contribution < 1.29 is 19.2 Å². The van der Waals surface area contributed by atoms with Gasteiger partial charge in [0, 0.05) is 6.07 Å². The standard InChI is InChI=1S/C22H23N3O5S/c1-15-20(31-18-13-9-8-12-17(18)25(27)28)21(24(23-15)22(2,3)4)30-19(26)14-29-16-10-6-5-7-11-16/h5-13H,14H2,1-4H3. The highest BCUT2D eigenvalue weighted by atomic mass is 32.2. The predicted octanol–water partition coefficient (Wildman–Crippen LogP) is 4.99. The fraction of sp³-hybridized carbons (Fsp3) is 0.273. The molecule has 0 N–H and O–H groups in total. The van der Waals surface area contributed by atoms with Crippen LogP contribution < -0.4 is 9.47 Å². The largest absolute Gasteiger partial charge is 0.482 e. The Morgan fingerprint density at radius 2 is 1.77 bits per heavy atom. The number of rotatable bonds is 7. The topological polar surface area (TPSA) is 96.5 Å². The first-order valence-electron chi connectivity index (χ1n) is 9.56. The van der Waals surface area contributed by atoms with E-state index >= 15 is 0 Å². The average molecular weight is 442 g/mol. The van der Waals surface area contributed by atoms with Crippen molar-refractivity contribution in [2.75, 3.05) is 6.61 Å². The number of esters is 1. The zero-order valence-electron chi connectivity index (χ0n) is 17.7. The van der Waals surface area contributed by atoms with Crippen LogP contribution in [0.2, 0.25) is 0 Å². The van der Waals surface area contributed by atoms with Crippen LogP contribution in [-0.2, 0) is 10.3 Å². The van der Waals surface area contributed by atoms with Gasteiger partial charge in [0.25, 0.3) is 5.69 Å². The first kappa shape index (κ1) is 22.4. The molecular weight excluding hydrogens is 418 g/mol. The number of nitro groups is 1. The van der Waals surface area contributed by atoms with E-state index in [1.54, 1.807) is 54.1 Å². The van der Waals surface area contributed by atoms with Crippen molar-refractivity contribution in [3.8, 4) is 11.6 Å². The molecule has 3 rings (SSSR count). The highest BCUT2D eigenvalue weighted by molar-refractivity contribution is 7.99. The van der Waals surface area contributed by atoms with Gasteiger partial charge in [-0.1, -0.05) is 42.1 Å². The first-order valence-corrected chi connectivity index (χ1v) is 10.4. The van der Waals surface area contributed by atoms with Gasteiger partial charge in [0.05, 0.1) is 25.9 Å². The van der Waals surface area contributed by atoms with Crippen LogP contribution in [0.3, 0.4) is 0 Å². The molecule has 3 aromatic rings. The van der Waals surface area contributed by atoms with Gasteiger partial charge < -0.3 is 9.47 Å². The molecular formula is C22H23N3O5S. The number of nitrogens with zero attached hydrogens (tertiary/aromatic N) is 3. The van der Waals surface area contributed by atoms with Crippen molar-refractivity contribution in [2.24, 2.45) is 0 Å². The summed E-state index contributed by atoms with van der Waals surface area (Å²) in [4.78, 5) is 24.5. The van der Waals surface area contributed by atoms with Gasteiger partial charge in [-0.15, -0.1) is 0 Å². The third-order valence-electron chi connectivity index (χ3n) is 4.19. The molecule has 0 aliphatic rings. The third kappa shape index (κ3) is 5.43. The smallest absolute Gasteiger partial charge is 0.350 e. The average Bonchev–Trinajstić information content (AvgIpc) is 3.03. The van der Waals surface area contributed by atoms with Crippen molar-refractivity contribution in [1.82, 2.24) is 9.78 Å². The highest BCUT2D eigenvalue weighted by Crippen LogP contribution is 2.42. The van der Waals surface area contributed by atoms with Gasteiger partial charge in [-0.2, -0.15) is 5.10 Å². The quantitative estimate of drug-likeness (QED) is 0.289. The maximum absolute atomic E-state index is 12.5. The second-order valence-electron chi connectivity index (χ2n) is 7.71. The minimum atomic E-state index is -0.598. The lowest BCUT2D eigenvalue weighted by Gasteiger charge is -2.22. The number of nitro benzene ring substituents is 1. The maximum atomic E-state index is 12.5. The number of aryl methyl sites for hydroxylation is 1. The molecule has 0 unspecified atom stereocenters. The summed E-state index contributed by atoms with van der Waals surface area (Å²) in [5, 5.41) is 15.9. The minimum Gasteiger partial charge on any atom is -0.482 e. The van der Waals surface area contributed by atoms with Crippen molar-refractivity contribution in [2.45, 2.75) is 43.0 Å². The lowest BCUT2D eigenvalue weighted by atomic mass is 10.1. The minimum absolute atomic E-state index is 0.0277. The summed E-state index contributed by atoms with van der Waals surface area (Å²) in [6.07, 6.45) is 0. The van der Waals surface area contributed by atoms with E-state index in [1.165, 1.54) is 6.07 Å². The summed E-state index contributed by atoms with van der Waals surface area (Å²) in [5.74, 6) is 0.183. The Balaban J connectivity index is 1.91. The molecule has 0 aliphatic carbocycles. The number of ether oxygens (including phenoxy) is 2. The Kier molecular flexibility index (Phi) is 6.65. The first-order chi connectivity index (χ1) is 14.7. The zero-order chi connectivity index (χ0) is 22.6. The molecule has 0 saturated heterocycles. The number of hydrogen-bond donors (Lipinski definition) is 0. The molecule has 9 heteroatoms. The van der Waals surface area contributed by atoms with Gasteiger partial charge in [-0.3, -0.25) is 10.1 Å².